The second-order valence-corrected chi connectivity index (χ2v) is 4.66. The summed E-state index contributed by atoms with van der Waals surface area (Å²) in [6, 6.07) is 1.91. The van der Waals surface area contributed by atoms with Crippen molar-refractivity contribution in [2.75, 3.05) is 13.2 Å². The minimum absolute atomic E-state index is 0.0977. The van der Waals surface area contributed by atoms with Gasteiger partial charge in [0.1, 0.15) is 11.7 Å². The molecule has 0 spiro atoms. The van der Waals surface area contributed by atoms with Gasteiger partial charge in [-0.3, -0.25) is 4.79 Å². The van der Waals surface area contributed by atoms with E-state index < -0.39 is 23.9 Å². The number of aryl methyl sites for hydroxylation is 1. The van der Waals surface area contributed by atoms with Crippen LogP contribution in [0, 0.1) is 6.92 Å². The van der Waals surface area contributed by atoms with Crippen LogP contribution in [0.1, 0.15) is 47.3 Å². The second kappa shape index (κ2) is 7.53. The lowest BCUT2D eigenvalue weighted by molar-refractivity contribution is -0.141. The third kappa shape index (κ3) is 3.81. The number of carbonyl (C=O) groups excluding carboxylic acids is 2. The number of likely N-dealkylation sites (N-methyl/N-ethyl adjacent to an activating group) is 1. The van der Waals surface area contributed by atoms with Crippen LogP contribution in [0.3, 0.4) is 0 Å². The Morgan fingerprint density at radius 3 is 2.41 bits per heavy atom. The molecule has 1 amide bonds. The highest BCUT2D eigenvalue weighted by molar-refractivity contribution is 5.96. The van der Waals surface area contributed by atoms with Crippen LogP contribution in [0.25, 0.3) is 0 Å². The first-order valence-electron chi connectivity index (χ1n) is 7.01. The fourth-order valence-corrected chi connectivity index (χ4v) is 1.98. The highest BCUT2D eigenvalue weighted by Gasteiger charge is 2.26. The Labute approximate surface area is 128 Å². The molecule has 1 N–H and O–H groups in total. The smallest absolute Gasteiger partial charge is 0.339 e. The van der Waals surface area contributed by atoms with Gasteiger partial charge in [-0.1, -0.05) is 0 Å². The van der Waals surface area contributed by atoms with Crippen LogP contribution in [0.4, 0.5) is 0 Å². The fourth-order valence-electron chi connectivity index (χ4n) is 1.98. The van der Waals surface area contributed by atoms with Gasteiger partial charge in [-0.05, 0) is 39.8 Å². The average Bonchev–Trinajstić information content (AvgIpc) is 2.47. The summed E-state index contributed by atoms with van der Waals surface area (Å²) in [5, 5.41) is 9.03. The van der Waals surface area contributed by atoms with Crippen molar-refractivity contribution in [3.63, 3.8) is 0 Å². The minimum atomic E-state index is -1.09. The largest absolute Gasteiger partial charge is 0.480 e. The zero-order valence-corrected chi connectivity index (χ0v) is 13.1. The first-order valence-corrected chi connectivity index (χ1v) is 7.01. The Hall–Kier alpha value is -2.44. The number of nitrogens with zero attached hydrogens (tertiary/aromatic N) is 2. The van der Waals surface area contributed by atoms with Gasteiger partial charge in [-0.15, -0.1) is 0 Å². The van der Waals surface area contributed by atoms with E-state index in [1.54, 1.807) is 20.8 Å². The molecule has 0 aromatic carbocycles. The number of hydrogen-bond acceptors (Lipinski definition) is 5. The number of carboxylic acids is 1. The molecular formula is C15H20N2O5. The van der Waals surface area contributed by atoms with Gasteiger partial charge in [0.15, 0.2) is 0 Å². The van der Waals surface area contributed by atoms with Crippen LogP contribution in [-0.2, 0) is 9.53 Å². The lowest BCUT2D eigenvalue weighted by Gasteiger charge is -2.24. The number of amides is 1. The molecule has 120 valence electrons. The third-order valence-corrected chi connectivity index (χ3v) is 3.23. The standard InChI is InChI=1S/C15H20N2O5/c1-5-17(10(4)14(19)20)13(18)12-8-7-11(9(3)16-12)15(21)22-6-2/h7-8,10H,5-6H2,1-4H3,(H,19,20). The Balaban J connectivity index is 3.07. The monoisotopic (exact) mass is 308 g/mol. The highest BCUT2D eigenvalue weighted by Crippen LogP contribution is 2.12. The Kier molecular flexibility index (Phi) is 6.03. The second-order valence-electron chi connectivity index (χ2n) is 4.66. The van der Waals surface area contributed by atoms with E-state index in [0.717, 1.165) is 0 Å². The van der Waals surface area contributed by atoms with Crippen molar-refractivity contribution >= 4 is 17.8 Å². The van der Waals surface area contributed by atoms with Crippen molar-refractivity contribution in [1.82, 2.24) is 9.88 Å². The van der Waals surface area contributed by atoms with E-state index in [1.807, 2.05) is 0 Å². The van der Waals surface area contributed by atoms with Gasteiger partial charge in [0.2, 0.25) is 0 Å². The summed E-state index contributed by atoms with van der Waals surface area (Å²) in [4.78, 5) is 40.4. The Morgan fingerprint density at radius 2 is 1.95 bits per heavy atom. The number of aliphatic carboxylic acids is 1. The number of pyridine rings is 1. The summed E-state index contributed by atoms with van der Waals surface area (Å²) in [5.74, 6) is -2.08. The minimum Gasteiger partial charge on any atom is -0.480 e. The number of rotatable bonds is 6. The van der Waals surface area contributed by atoms with Crippen LogP contribution in [0.15, 0.2) is 12.1 Å². The molecule has 0 aliphatic rings. The molecule has 1 heterocycles. The van der Waals surface area contributed by atoms with E-state index >= 15 is 0 Å². The van der Waals surface area contributed by atoms with Gasteiger partial charge in [0, 0.05) is 6.54 Å². The Bertz CT molecular complexity index is 585. The molecular weight excluding hydrogens is 288 g/mol. The van der Waals surface area contributed by atoms with Crippen molar-refractivity contribution < 1.29 is 24.2 Å². The lowest BCUT2D eigenvalue weighted by atomic mass is 10.1. The summed E-state index contributed by atoms with van der Waals surface area (Å²) in [7, 11) is 0. The molecule has 7 nitrogen and oxygen atoms in total. The average molecular weight is 308 g/mol. The number of aromatic nitrogens is 1. The van der Waals surface area contributed by atoms with Crippen LogP contribution >= 0.6 is 0 Å². The first kappa shape index (κ1) is 17.6. The topological polar surface area (TPSA) is 96.8 Å². The SMILES string of the molecule is CCOC(=O)c1ccc(C(=O)N(CC)C(C)C(=O)O)nc1C. The molecule has 1 aromatic heterocycles. The maximum atomic E-state index is 12.4. The Morgan fingerprint density at radius 1 is 1.32 bits per heavy atom. The van der Waals surface area contributed by atoms with Crippen molar-refractivity contribution in [3.8, 4) is 0 Å². The van der Waals surface area contributed by atoms with E-state index in [-0.39, 0.29) is 24.4 Å². The van der Waals surface area contributed by atoms with Gasteiger partial charge < -0.3 is 14.7 Å². The first-order chi connectivity index (χ1) is 10.3. The maximum absolute atomic E-state index is 12.4. The summed E-state index contributed by atoms with van der Waals surface area (Å²) in [5.41, 5.74) is 0.747. The van der Waals surface area contributed by atoms with E-state index in [9.17, 15) is 14.4 Å². The third-order valence-electron chi connectivity index (χ3n) is 3.23. The molecule has 1 atom stereocenters. The number of hydrogen-bond donors (Lipinski definition) is 1. The lowest BCUT2D eigenvalue weighted by Crippen LogP contribution is -2.43. The molecule has 1 rings (SSSR count). The zero-order chi connectivity index (χ0) is 16.9. The van der Waals surface area contributed by atoms with Crippen molar-refractivity contribution in [1.29, 1.82) is 0 Å². The molecule has 7 heteroatoms. The maximum Gasteiger partial charge on any atom is 0.339 e. The quantitative estimate of drug-likeness (QED) is 0.800. The summed E-state index contributed by atoms with van der Waals surface area (Å²) < 4.78 is 4.90. The van der Waals surface area contributed by atoms with Gasteiger partial charge in [0.25, 0.3) is 5.91 Å². The van der Waals surface area contributed by atoms with Crippen molar-refractivity contribution in [2.45, 2.75) is 33.7 Å². The van der Waals surface area contributed by atoms with Gasteiger partial charge in [0.05, 0.1) is 17.9 Å². The van der Waals surface area contributed by atoms with E-state index in [2.05, 4.69) is 4.98 Å². The van der Waals surface area contributed by atoms with Gasteiger partial charge >= 0.3 is 11.9 Å². The molecule has 22 heavy (non-hydrogen) atoms. The molecule has 0 aliphatic carbocycles. The molecule has 0 fully saturated rings. The van der Waals surface area contributed by atoms with E-state index in [1.165, 1.54) is 24.0 Å². The highest BCUT2D eigenvalue weighted by atomic mass is 16.5. The number of carboxylic acid groups (broad SMARTS) is 1. The van der Waals surface area contributed by atoms with E-state index in [4.69, 9.17) is 9.84 Å². The predicted molar refractivity (Wildman–Crippen MR) is 78.7 cm³/mol. The normalized spacial score (nSPS) is 11.6. The van der Waals surface area contributed by atoms with Crippen LogP contribution in [0.2, 0.25) is 0 Å². The summed E-state index contributed by atoms with van der Waals surface area (Å²) in [6.07, 6.45) is 0. The molecule has 0 bridgehead atoms. The van der Waals surface area contributed by atoms with Crippen LogP contribution < -0.4 is 0 Å². The molecule has 0 saturated carbocycles. The van der Waals surface area contributed by atoms with Crippen LogP contribution in [-0.4, -0.2) is 52.0 Å². The predicted octanol–water partition coefficient (Wildman–Crippen LogP) is 1.50. The fraction of sp³-hybridized carbons (Fsp3) is 0.467. The van der Waals surface area contributed by atoms with Crippen molar-refractivity contribution in [2.24, 2.45) is 0 Å². The number of esters is 1. The molecule has 0 saturated heterocycles. The van der Waals surface area contributed by atoms with E-state index in [0.29, 0.717) is 5.69 Å². The molecule has 1 aromatic rings. The molecule has 0 aliphatic heterocycles. The van der Waals surface area contributed by atoms with Gasteiger partial charge in [-0.2, -0.15) is 0 Å². The number of carbonyl (C=O) groups is 3. The zero-order valence-electron chi connectivity index (χ0n) is 13.1. The van der Waals surface area contributed by atoms with Crippen LogP contribution in [0.5, 0.6) is 0 Å². The van der Waals surface area contributed by atoms with Gasteiger partial charge in [-0.25, -0.2) is 14.6 Å². The van der Waals surface area contributed by atoms with Crippen molar-refractivity contribution in [3.05, 3.63) is 29.1 Å². The molecule has 0 radical (unpaired) electrons. The number of ether oxygens (including phenoxy) is 1. The summed E-state index contributed by atoms with van der Waals surface area (Å²) in [6.45, 7) is 6.91. The summed E-state index contributed by atoms with van der Waals surface area (Å²) >= 11 is 0. The molecule has 1 unspecified atom stereocenters.